The van der Waals surface area contributed by atoms with Crippen LogP contribution in [0.15, 0.2) is 24.3 Å². The molecule has 6 nitrogen and oxygen atoms in total. The van der Waals surface area contributed by atoms with Crippen LogP contribution in [0.1, 0.15) is 22.3 Å². The third kappa shape index (κ3) is 4.19. The van der Waals surface area contributed by atoms with Gasteiger partial charge in [-0.1, -0.05) is 12.1 Å². The summed E-state index contributed by atoms with van der Waals surface area (Å²) in [6.45, 7) is 3.73. The highest BCUT2D eigenvalue weighted by atomic mass is 16.5. The number of benzene rings is 1. The molecule has 2 saturated heterocycles. The number of nitrogens with zero attached hydrogens (tertiary/aromatic N) is 3. The van der Waals surface area contributed by atoms with Crippen LogP contribution in [0.3, 0.4) is 0 Å². The lowest BCUT2D eigenvalue weighted by Crippen LogP contribution is -2.46. The molecule has 2 aliphatic rings. The van der Waals surface area contributed by atoms with E-state index in [0.717, 1.165) is 32.6 Å². The molecular weight excluding hydrogens is 318 g/mol. The van der Waals surface area contributed by atoms with E-state index in [0.29, 0.717) is 11.5 Å². The molecule has 0 unspecified atom stereocenters. The Morgan fingerprint density at radius 2 is 1.96 bits per heavy atom. The molecule has 136 valence electrons. The largest absolute Gasteiger partial charge is 0.368 e. The lowest BCUT2D eigenvalue weighted by atomic mass is 9.94. The highest BCUT2D eigenvalue weighted by Gasteiger charge is 2.34. The standard InChI is InChI=1S/C19H27N3O3/c1-20(2)19(24)15-6-4-14(5-7-15)10-22-9-8-17-16(12-22)11-21(3)18(23)13-25-17/h4-7,16-17H,8-13H2,1-3H3/t16-,17-/m0/s1. The van der Waals surface area contributed by atoms with Crippen molar-refractivity contribution >= 4 is 11.8 Å². The second kappa shape index (κ2) is 7.54. The first kappa shape index (κ1) is 17.9. The summed E-state index contributed by atoms with van der Waals surface area (Å²) in [6.07, 6.45) is 1.15. The van der Waals surface area contributed by atoms with Gasteiger partial charge in [0, 0.05) is 58.8 Å². The molecule has 0 saturated carbocycles. The van der Waals surface area contributed by atoms with Crippen molar-refractivity contribution in [3.63, 3.8) is 0 Å². The van der Waals surface area contributed by atoms with E-state index >= 15 is 0 Å². The van der Waals surface area contributed by atoms with Gasteiger partial charge in [0.25, 0.3) is 5.91 Å². The zero-order valence-corrected chi connectivity index (χ0v) is 15.3. The number of carbonyl (C=O) groups excluding carboxylic acids is 2. The number of likely N-dealkylation sites (N-methyl/N-ethyl adjacent to an activating group) is 1. The average Bonchev–Trinajstić information content (AvgIpc) is 2.73. The van der Waals surface area contributed by atoms with Gasteiger partial charge >= 0.3 is 0 Å². The van der Waals surface area contributed by atoms with Gasteiger partial charge in [-0.3, -0.25) is 14.5 Å². The normalized spacial score (nSPS) is 24.6. The van der Waals surface area contributed by atoms with Crippen LogP contribution >= 0.6 is 0 Å². The molecule has 1 aromatic carbocycles. The zero-order chi connectivity index (χ0) is 18.0. The Morgan fingerprint density at radius 1 is 1.24 bits per heavy atom. The summed E-state index contributed by atoms with van der Waals surface area (Å²) < 4.78 is 5.79. The van der Waals surface area contributed by atoms with Crippen molar-refractivity contribution in [1.82, 2.24) is 14.7 Å². The number of piperidine rings is 1. The maximum atomic E-state index is 12.0. The molecular formula is C19H27N3O3. The molecule has 0 bridgehead atoms. The highest BCUT2D eigenvalue weighted by molar-refractivity contribution is 5.93. The van der Waals surface area contributed by atoms with Crippen LogP contribution in [-0.2, 0) is 16.1 Å². The smallest absolute Gasteiger partial charge is 0.253 e. The predicted molar refractivity (Wildman–Crippen MR) is 95.2 cm³/mol. The Labute approximate surface area is 149 Å². The molecule has 2 heterocycles. The topological polar surface area (TPSA) is 53.1 Å². The molecule has 6 heteroatoms. The Kier molecular flexibility index (Phi) is 5.39. The van der Waals surface area contributed by atoms with Gasteiger partial charge in [-0.05, 0) is 24.1 Å². The summed E-state index contributed by atoms with van der Waals surface area (Å²) in [5.74, 6) is 0.456. The molecule has 2 amide bonds. The van der Waals surface area contributed by atoms with E-state index in [1.54, 1.807) is 23.9 Å². The summed E-state index contributed by atoms with van der Waals surface area (Å²) in [7, 11) is 5.38. The quantitative estimate of drug-likeness (QED) is 0.822. The number of hydrogen-bond donors (Lipinski definition) is 0. The van der Waals surface area contributed by atoms with Gasteiger partial charge in [-0.15, -0.1) is 0 Å². The number of amides is 2. The SMILES string of the molecule is CN(C)C(=O)c1ccc(CN2CC[C@@H]3OCC(=O)N(C)C[C@H]3C2)cc1. The Hall–Kier alpha value is -1.92. The molecule has 2 fully saturated rings. The zero-order valence-electron chi connectivity index (χ0n) is 15.3. The predicted octanol–water partition coefficient (Wildman–Crippen LogP) is 1.07. The lowest BCUT2D eigenvalue weighted by molar-refractivity contribution is -0.133. The van der Waals surface area contributed by atoms with Gasteiger partial charge in [0.15, 0.2) is 0 Å². The first-order valence-electron chi connectivity index (χ1n) is 8.82. The average molecular weight is 345 g/mol. The first-order valence-corrected chi connectivity index (χ1v) is 8.82. The molecule has 2 atom stereocenters. The van der Waals surface area contributed by atoms with E-state index in [9.17, 15) is 9.59 Å². The van der Waals surface area contributed by atoms with Crippen LogP contribution < -0.4 is 0 Å². The van der Waals surface area contributed by atoms with Gasteiger partial charge in [0.05, 0.1) is 6.10 Å². The Morgan fingerprint density at radius 3 is 2.64 bits per heavy atom. The molecule has 0 N–H and O–H groups in total. The first-order chi connectivity index (χ1) is 11.9. The van der Waals surface area contributed by atoms with Crippen LogP contribution in [0, 0.1) is 5.92 Å². The van der Waals surface area contributed by atoms with E-state index in [2.05, 4.69) is 4.90 Å². The number of carbonyl (C=O) groups is 2. The minimum absolute atomic E-state index is 0.0238. The van der Waals surface area contributed by atoms with Crippen molar-refractivity contribution in [2.24, 2.45) is 5.92 Å². The molecule has 0 aliphatic carbocycles. The monoisotopic (exact) mass is 345 g/mol. The third-order valence-corrected chi connectivity index (χ3v) is 5.12. The molecule has 0 spiro atoms. The van der Waals surface area contributed by atoms with Crippen LogP contribution in [0.4, 0.5) is 0 Å². The van der Waals surface area contributed by atoms with Crippen molar-refractivity contribution < 1.29 is 14.3 Å². The van der Waals surface area contributed by atoms with Crippen LogP contribution in [0.25, 0.3) is 0 Å². The van der Waals surface area contributed by atoms with E-state index in [-0.39, 0.29) is 24.5 Å². The minimum Gasteiger partial charge on any atom is -0.368 e. The van der Waals surface area contributed by atoms with Gasteiger partial charge in [0.2, 0.25) is 5.91 Å². The second-order valence-corrected chi connectivity index (χ2v) is 7.30. The summed E-state index contributed by atoms with van der Waals surface area (Å²) in [6, 6.07) is 7.85. The summed E-state index contributed by atoms with van der Waals surface area (Å²) in [5, 5.41) is 0. The summed E-state index contributed by atoms with van der Waals surface area (Å²) in [5.41, 5.74) is 1.91. The van der Waals surface area contributed by atoms with Crippen molar-refractivity contribution in [3.8, 4) is 0 Å². The molecule has 1 aromatic rings. The number of likely N-dealkylation sites (tertiary alicyclic amines) is 1. The fourth-order valence-corrected chi connectivity index (χ4v) is 3.64. The van der Waals surface area contributed by atoms with Gasteiger partial charge in [-0.25, -0.2) is 0 Å². The van der Waals surface area contributed by atoms with Crippen molar-refractivity contribution in [3.05, 3.63) is 35.4 Å². The van der Waals surface area contributed by atoms with Crippen molar-refractivity contribution in [2.45, 2.75) is 19.1 Å². The lowest BCUT2D eigenvalue weighted by Gasteiger charge is -2.37. The van der Waals surface area contributed by atoms with Crippen molar-refractivity contribution in [1.29, 1.82) is 0 Å². The van der Waals surface area contributed by atoms with Crippen LogP contribution in [-0.4, -0.2) is 80.0 Å². The third-order valence-electron chi connectivity index (χ3n) is 5.12. The Bertz CT molecular complexity index is 629. The minimum atomic E-state index is 0.0238. The molecule has 25 heavy (non-hydrogen) atoms. The van der Waals surface area contributed by atoms with Crippen LogP contribution in [0.5, 0.6) is 0 Å². The Balaban J connectivity index is 1.60. The van der Waals surface area contributed by atoms with Crippen LogP contribution in [0.2, 0.25) is 0 Å². The molecule has 3 rings (SSSR count). The van der Waals surface area contributed by atoms with Gasteiger partial charge in [-0.2, -0.15) is 0 Å². The summed E-state index contributed by atoms with van der Waals surface area (Å²) >= 11 is 0. The van der Waals surface area contributed by atoms with E-state index in [4.69, 9.17) is 4.74 Å². The highest BCUT2D eigenvalue weighted by Crippen LogP contribution is 2.24. The molecule has 0 radical (unpaired) electrons. The maximum Gasteiger partial charge on any atom is 0.253 e. The maximum absolute atomic E-state index is 12.0. The number of hydrogen-bond acceptors (Lipinski definition) is 4. The summed E-state index contributed by atoms with van der Waals surface area (Å²) in [4.78, 5) is 29.6. The molecule has 0 aromatic heterocycles. The van der Waals surface area contributed by atoms with Gasteiger partial charge in [0.1, 0.15) is 6.61 Å². The number of rotatable bonds is 3. The fourth-order valence-electron chi connectivity index (χ4n) is 3.64. The molecule has 2 aliphatic heterocycles. The number of ether oxygens (including phenoxy) is 1. The van der Waals surface area contributed by atoms with Gasteiger partial charge < -0.3 is 14.5 Å². The van der Waals surface area contributed by atoms with Crippen molar-refractivity contribution in [2.75, 3.05) is 47.4 Å². The number of fused-ring (bicyclic) bond motifs is 1. The van der Waals surface area contributed by atoms with E-state index in [1.165, 1.54) is 5.56 Å². The fraction of sp³-hybridized carbons (Fsp3) is 0.579. The van der Waals surface area contributed by atoms with E-state index < -0.39 is 0 Å². The van der Waals surface area contributed by atoms with E-state index in [1.807, 2.05) is 31.3 Å². The second-order valence-electron chi connectivity index (χ2n) is 7.30.